The van der Waals surface area contributed by atoms with Crippen LogP contribution in [0.15, 0.2) is 30.3 Å². The molecule has 1 heteroatoms. The first-order valence-electron chi connectivity index (χ1n) is 5.99. The third-order valence-electron chi connectivity index (χ3n) is 3.06. The van der Waals surface area contributed by atoms with Crippen LogP contribution in [-0.4, -0.2) is 5.11 Å². The number of aliphatic hydroxyl groups is 1. The van der Waals surface area contributed by atoms with Crippen molar-refractivity contribution in [3.05, 3.63) is 35.9 Å². The maximum absolute atomic E-state index is 10.3. The Labute approximate surface area is 87.2 Å². The van der Waals surface area contributed by atoms with Gasteiger partial charge in [-0.3, -0.25) is 0 Å². The van der Waals surface area contributed by atoms with Crippen molar-refractivity contribution in [2.75, 3.05) is 0 Å². The van der Waals surface area contributed by atoms with E-state index in [9.17, 15) is 5.11 Å². The maximum Gasteiger partial charge on any atom is 0.0818 e. The molecule has 1 aromatic carbocycles. The van der Waals surface area contributed by atoms with Gasteiger partial charge in [0.15, 0.2) is 0 Å². The van der Waals surface area contributed by atoms with Crippen LogP contribution >= 0.6 is 0 Å². The van der Waals surface area contributed by atoms with Gasteiger partial charge in [0.2, 0.25) is 0 Å². The molecule has 0 bridgehead atoms. The molecule has 0 radical (unpaired) electrons. The summed E-state index contributed by atoms with van der Waals surface area (Å²) in [4.78, 5) is 0. The maximum atomic E-state index is 10.3. The number of hydrogen-bond acceptors (Lipinski definition) is 1. The molecule has 0 aromatic heterocycles. The highest BCUT2D eigenvalue weighted by molar-refractivity contribution is 5.18. The van der Waals surface area contributed by atoms with Crippen LogP contribution in [0, 0.1) is 5.92 Å². The smallest absolute Gasteiger partial charge is 0.0818 e. The van der Waals surface area contributed by atoms with Gasteiger partial charge in [0.05, 0.1) is 7.45 Å². The third kappa shape index (κ3) is 2.16. The van der Waals surface area contributed by atoms with Crippen LogP contribution in [-0.2, 0) is 0 Å². The molecule has 1 aromatic rings. The lowest BCUT2D eigenvalue weighted by Gasteiger charge is -2.26. The molecule has 1 unspecified atom stereocenters. The molecule has 0 heterocycles. The van der Waals surface area contributed by atoms with Gasteiger partial charge in [-0.25, -0.2) is 0 Å². The molecule has 0 amide bonds. The first-order chi connectivity index (χ1) is 7.21. The summed E-state index contributed by atoms with van der Waals surface area (Å²) in [6.45, 7) is 0. The fourth-order valence-corrected chi connectivity index (χ4v) is 2.22. The van der Waals surface area contributed by atoms with Gasteiger partial charge in [-0.05, 0) is 24.3 Å². The van der Waals surface area contributed by atoms with Crippen LogP contribution in [0.3, 0.4) is 0 Å². The Morgan fingerprint density at radius 2 is 1.79 bits per heavy atom. The summed E-state index contributed by atoms with van der Waals surface area (Å²) in [5.74, 6) is 0.105. The Morgan fingerprint density at radius 3 is 2.43 bits per heavy atom. The zero-order chi connectivity index (χ0) is 10.7. The summed E-state index contributed by atoms with van der Waals surface area (Å²) in [7, 11) is 0. The number of rotatable bonds is 2. The van der Waals surface area contributed by atoms with E-state index in [4.69, 9.17) is 1.37 Å². The van der Waals surface area contributed by atoms with Gasteiger partial charge in [0, 0.05) is 0 Å². The summed E-state index contributed by atoms with van der Waals surface area (Å²) in [6.07, 6.45) is 4.13. The van der Waals surface area contributed by atoms with Crippen molar-refractivity contribution in [2.45, 2.75) is 38.2 Å². The van der Waals surface area contributed by atoms with Crippen molar-refractivity contribution in [2.24, 2.45) is 5.92 Å². The standard InChI is InChI=1S/C13H18O/c14-13(11-7-3-1-4-8-11)12-9-5-2-6-10-12/h1,3-4,7-8,12-14H,2,5-6,9-10H2/i13D. The molecule has 0 aliphatic heterocycles. The Morgan fingerprint density at radius 1 is 1.14 bits per heavy atom. The zero-order valence-corrected chi connectivity index (χ0v) is 8.45. The van der Waals surface area contributed by atoms with Crippen molar-refractivity contribution in [1.29, 1.82) is 0 Å². The van der Waals surface area contributed by atoms with E-state index in [2.05, 4.69) is 0 Å². The molecule has 0 spiro atoms. The third-order valence-corrected chi connectivity index (χ3v) is 3.06. The molecule has 1 aliphatic carbocycles. The van der Waals surface area contributed by atoms with Gasteiger partial charge in [0.1, 0.15) is 0 Å². The van der Waals surface area contributed by atoms with E-state index in [0.29, 0.717) is 0 Å². The van der Waals surface area contributed by atoms with E-state index in [1.165, 1.54) is 6.42 Å². The van der Waals surface area contributed by atoms with Crippen molar-refractivity contribution in [3.63, 3.8) is 0 Å². The van der Waals surface area contributed by atoms with Crippen LogP contribution in [0.4, 0.5) is 0 Å². The molecular weight excluding hydrogens is 172 g/mol. The van der Waals surface area contributed by atoms with Crippen LogP contribution in [0.1, 0.15) is 45.1 Å². The minimum absolute atomic E-state index is 0.105. The van der Waals surface area contributed by atoms with Crippen molar-refractivity contribution in [3.8, 4) is 0 Å². The first-order valence-corrected chi connectivity index (χ1v) is 5.49. The Bertz CT molecular complexity index is 302. The molecule has 2 rings (SSSR count). The summed E-state index contributed by atoms with van der Waals surface area (Å²) in [5.41, 5.74) is 0.733. The minimum atomic E-state index is -1.39. The van der Waals surface area contributed by atoms with Crippen molar-refractivity contribution < 1.29 is 6.48 Å². The highest BCUT2D eigenvalue weighted by atomic mass is 16.3. The summed E-state index contributed by atoms with van der Waals surface area (Å²) >= 11 is 0. The summed E-state index contributed by atoms with van der Waals surface area (Å²) in [6, 6.07) is 9.39. The first kappa shape index (κ1) is 8.49. The molecule has 1 atom stereocenters. The lowest BCUT2D eigenvalue weighted by Crippen LogP contribution is -2.15. The largest absolute Gasteiger partial charge is 0.388 e. The van der Waals surface area contributed by atoms with E-state index in [0.717, 1.165) is 31.2 Å². The minimum Gasteiger partial charge on any atom is -0.388 e. The predicted octanol–water partition coefficient (Wildman–Crippen LogP) is 3.30. The van der Waals surface area contributed by atoms with Gasteiger partial charge in [-0.15, -0.1) is 0 Å². The Kier molecular flexibility index (Phi) is 2.79. The molecule has 0 saturated heterocycles. The van der Waals surface area contributed by atoms with Gasteiger partial charge in [0.25, 0.3) is 0 Å². The molecular formula is C13H18O. The molecule has 1 aliphatic rings. The Hall–Kier alpha value is -0.820. The highest BCUT2D eigenvalue weighted by Gasteiger charge is 2.22. The topological polar surface area (TPSA) is 20.2 Å². The fourth-order valence-electron chi connectivity index (χ4n) is 2.22. The molecule has 76 valence electrons. The Balaban J connectivity index is 2.18. The average molecular weight is 191 g/mol. The highest BCUT2D eigenvalue weighted by Crippen LogP contribution is 2.33. The lowest BCUT2D eigenvalue weighted by atomic mass is 9.83. The zero-order valence-electron chi connectivity index (χ0n) is 9.45. The molecule has 1 fully saturated rings. The van der Waals surface area contributed by atoms with Crippen LogP contribution in [0.25, 0.3) is 0 Å². The number of benzene rings is 1. The van der Waals surface area contributed by atoms with Crippen molar-refractivity contribution >= 4 is 0 Å². The second kappa shape index (κ2) is 4.61. The predicted molar refractivity (Wildman–Crippen MR) is 58.0 cm³/mol. The van der Waals surface area contributed by atoms with Crippen molar-refractivity contribution in [1.82, 2.24) is 0 Å². The van der Waals surface area contributed by atoms with E-state index >= 15 is 0 Å². The van der Waals surface area contributed by atoms with Gasteiger partial charge in [-0.2, -0.15) is 0 Å². The molecule has 1 N–H and O–H groups in total. The second-order valence-corrected chi connectivity index (χ2v) is 4.09. The normalized spacial score (nSPS) is 23.9. The average Bonchev–Trinajstić information content (AvgIpc) is 2.31. The van der Waals surface area contributed by atoms with E-state index in [1.54, 1.807) is 0 Å². The summed E-state index contributed by atoms with van der Waals surface area (Å²) in [5, 5.41) is 10.3. The SMILES string of the molecule is [2H]C(O)(c1ccccc1)C1CCCCC1. The van der Waals surface area contributed by atoms with Crippen LogP contribution < -0.4 is 0 Å². The van der Waals surface area contributed by atoms with Gasteiger partial charge < -0.3 is 5.11 Å². The monoisotopic (exact) mass is 191 g/mol. The molecule has 14 heavy (non-hydrogen) atoms. The van der Waals surface area contributed by atoms with Gasteiger partial charge in [-0.1, -0.05) is 49.6 Å². The summed E-state index contributed by atoms with van der Waals surface area (Å²) < 4.78 is 8.12. The lowest BCUT2D eigenvalue weighted by molar-refractivity contribution is 0.0848. The quantitative estimate of drug-likeness (QED) is 0.760. The number of hydrogen-bond donors (Lipinski definition) is 1. The van der Waals surface area contributed by atoms with Crippen LogP contribution in [0.5, 0.6) is 0 Å². The molecule has 1 saturated carbocycles. The fraction of sp³-hybridized carbons (Fsp3) is 0.538. The second-order valence-electron chi connectivity index (χ2n) is 4.09. The van der Waals surface area contributed by atoms with E-state index < -0.39 is 6.08 Å². The molecule has 1 nitrogen and oxygen atoms in total. The van der Waals surface area contributed by atoms with E-state index in [-0.39, 0.29) is 5.92 Å². The van der Waals surface area contributed by atoms with Gasteiger partial charge >= 0.3 is 0 Å². The van der Waals surface area contributed by atoms with E-state index in [1.807, 2.05) is 30.3 Å². The van der Waals surface area contributed by atoms with Crippen LogP contribution in [0.2, 0.25) is 0 Å².